The van der Waals surface area contributed by atoms with Crippen LogP contribution in [-0.2, 0) is 19.5 Å². The Morgan fingerprint density at radius 2 is 2.14 bits per heavy atom. The monoisotopic (exact) mass is 302 g/mol. The lowest BCUT2D eigenvalue weighted by Gasteiger charge is -2.22. The fraction of sp³-hybridized carbons (Fsp3) is 0.733. The molecular weight excluding hydrogens is 280 g/mol. The first-order chi connectivity index (χ1) is 10.7. The summed E-state index contributed by atoms with van der Waals surface area (Å²) in [5.74, 6) is 4.44. The van der Waals surface area contributed by atoms with Gasteiger partial charge in [0.05, 0.1) is 13.1 Å². The Hall–Kier alpha value is -1.76. The molecule has 7 heteroatoms. The molecule has 1 N–H and O–H groups in total. The highest BCUT2D eigenvalue weighted by Gasteiger charge is 2.29. The Bertz CT molecular complexity index is 657. The molecule has 1 aliphatic heterocycles. The molecule has 0 amide bonds. The van der Waals surface area contributed by atoms with E-state index in [0.29, 0.717) is 30.3 Å². The number of nitrogens with one attached hydrogen (secondary N) is 1. The molecule has 0 aromatic carbocycles. The van der Waals surface area contributed by atoms with Crippen LogP contribution < -0.4 is 5.32 Å². The highest BCUT2D eigenvalue weighted by Crippen LogP contribution is 2.38. The normalized spacial score (nSPS) is 21.3. The summed E-state index contributed by atoms with van der Waals surface area (Å²) in [5.41, 5.74) is 0. The van der Waals surface area contributed by atoms with Gasteiger partial charge in [-0.25, -0.2) is 9.67 Å². The maximum atomic E-state index is 5.68. The van der Waals surface area contributed by atoms with Crippen molar-refractivity contribution in [2.24, 2.45) is 0 Å². The van der Waals surface area contributed by atoms with E-state index in [0.717, 1.165) is 36.9 Å². The fourth-order valence-corrected chi connectivity index (χ4v) is 2.80. The van der Waals surface area contributed by atoms with Gasteiger partial charge in [0.1, 0.15) is 5.82 Å². The Morgan fingerprint density at radius 3 is 2.91 bits per heavy atom. The molecule has 4 rings (SSSR count). The fourth-order valence-electron chi connectivity index (χ4n) is 2.80. The van der Waals surface area contributed by atoms with Crippen LogP contribution in [0.4, 0.5) is 0 Å². The van der Waals surface area contributed by atoms with Gasteiger partial charge in [0.2, 0.25) is 11.8 Å². The molecule has 0 bridgehead atoms. The minimum Gasteiger partial charge on any atom is -0.424 e. The van der Waals surface area contributed by atoms with Crippen LogP contribution in [0.15, 0.2) is 4.42 Å². The molecule has 0 spiro atoms. The Balaban J connectivity index is 1.35. The van der Waals surface area contributed by atoms with Gasteiger partial charge in [0.15, 0.2) is 5.82 Å². The van der Waals surface area contributed by atoms with Gasteiger partial charge in [0.25, 0.3) is 0 Å². The van der Waals surface area contributed by atoms with Crippen LogP contribution in [0.3, 0.4) is 0 Å². The zero-order chi connectivity index (χ0) is 15.1. The summed E-state index contributed by atoms with van der Waals surface area (Å²) >= 11 is 0. The number of hydrogen-bond donors (Lipinski definition) is 1. The summed E-state index contributed by atoms with van der Waals surface area (Å²) in [5, 5.41) is 16.3. The van der Waals surface area contributed by atoms with Crippen LogP contribution in [0, 0.1) is 0 Å². The lowest BCUT2D eigenvalue weighted by atomic mass is 10.1. The van der Waals surface area contributed by atoms with Gasteiger partial charge in [-0.15, -0.1) is 10.2 Å². The molecule has 2 aliphatic rings. The van der Waals surface area contributed by atoms with E-state index in [2.05, 4.69) is 39.4 Å². The van der Waals surface area contributed by atoms with Crippen LogP contribution >= 0.6 is 0 Å². The third-order valence-electron chi connectivity index (χ3n) is 4.34. The van der Waals surface area contributed by atoms with Crippen molar-refractivity contribution in [1.29, 1.82) is 0 Å². The first kappa shape index (κ1) is 13.9. The number of aryl methyl sites for hydroxylation is 1. The summed E-state index contributed by atoms with van der Waals surface area (Å²) in [6, 6.07) is 0.380. The summed E-state index contributed by atoms with van der Waals surface area (Å²) in [4.78, 5) is 4.62. The maximum absolute atomic E-state index is 5.68. The van der Waals surface area contributed by atoms with Crippen molar-refractivity contribution >= 4 is 0 Å². The predicted molar refractivity (Wildman–Crippen MR) is 79.3 cm³/mol. The molecule has 118 valence electrons. The zero-order valence-electron chi connectivity index (χ0n) is 13.1. The lowest BCUT2D eigenvalue weighted by Crippen LogP contribution is -2.37. The van der Waals surface area contributed by atoms with E-state index < -0.39 is 0 Å². The Morgan fingerprint density at radius 1 is 1.27 bits per heavy atom. The Kier molecular flexibility index (Phi) is 3.44. The summed E-state index contributed by atoms with van der Waals surface area (Å²) in [6.45, 7) is 5.75. The third-order valence-corrected chi connectivity index (χ3v) is 4.34. The number of hydrogen-bond acceptors (Lipinski definition) is 6. The molecule has 1 aliphatic carbocycles. The van der Waals surface area contributed by atoms with E-state index in [9.17, 15) is 0 Å². The molecule has 0 unspecified atom stereocenters. The predicted octanol–water partition coefficient (Wildman–Crippen LogP) is 1.77. The summed E-state index contributed by atoms with van der Waals surface area (Å²) in [7, 11) is 0. The van der Waals surface area contributed by atoms with Gasteiger partial charge in [-0.1, -0.05) is 13.8 Å². The van der Waals surface area contributed by atoms with Crippen molar-refractivity contribution < 1.29 is 4.42 Å². The quantitative estimate of drug-likeness (QED) is 0.906. The second kappa shape index (κ2) is 5.46. The molecule has 0 saturated heterocycles. The van der Waals surface area contributed by atoms with Crippen LogP contribution in [0.5, 0.6) is 0 Å². The SMILES string of the molecule is CC(C)c1nc2n(n1)C[C@H](NCc1nnc(C3CC3)o1)CC2. The van der Waals surface area contributed by atoms with Gasteiger partial charge in [-0.3, -0.25) is 0 Å². The molecule has 1 fully saturated rings. The average Bonchev–Trinajstić information content (AvgIpc) is 3.10. The van der Waals surface area contributed by atoms with E-state index in [1.807, 2.05) is 4.68 Å². The molecule has 22 heavy (non-hydrogen) atoms. The van der Waals surface area contributed by atoms with Crippen LogP contribution in [0.25, 0.3) is 0 Å². The number of rotatable bonds is 5. The van der Waals surface area contributed by atoms with Crippen molar-refractivity contribution in [3.63, 3.8) is 0 Å². The Labute approximate surface area is 129 Å². The molecule has 1 atom stereocenters. The first-order valence-corrected chi connectivity index (χ1v) is 8.18. The molecule has 7 nitrogen and oxygen atoms in total. The van der Waals surface area contributed by atoms with Crippen LogP contribution in [-0.4, -0.2) is 31.0 Å². The summed E-state index contributed by atoms with van der Waals surface area (Å²) < 4.78 is 7.73. The van der Waals surface area contributed by atoms with E-state index >= 15 is 0 Å². The van der Waals surface area contributed by atoms with Gasteiger partial charge in [-0.2, -0.15) is 5.10 Å². The van der Waals surface area contributed by atoms with E-state index in [1.165, 1.54) is 12.8 Å². The van der Waals surface area contributed by atoms with Gasteiger partial charge in [-0.05, 0) is 19.3 Å². The molecule has 2 aromatic rings. The van der Waals surface area contributed by atoms with E-state index in [4.69, 9.17) is 4.42 Å². The van der Waals surface area contributed by atoms with E-state index in [-0.39, 0.29) is 0 Å². The smallest absolute Gasteiger partial charge is 0.230 e. The number of fused-ring (bicyclic) bond motifs is 1. The van der Waals surface area contributed by atoms with Gasteiger partial charge < -0.3 is 9.73 Å². The first-order valence-electron chi connectivity index (χ1n) is 8.18. The second-order valence-electron chi connectivity index (χ2n) is 6.65. The van der Waals surface area contributed by atoms with Crippen molar-refractivity contribution in [2.75, 3.05) is 0 Å². The number of nitrogens with zero attached hydrogens (tertiary/aromatic N) is 5. The highest BCUT2D eigenvalue weighted by molar-refractivity contribution is 5.02. The molecule has 2 aromatic heterocycles. The minimum absolute atomic E-state index is 0.378. The highest BCUT2D eigenvalue weighted by atomic mass is 16.4. The van der Waals surface area contributed by atoms with Crippen molar-refractivity contribution in [2.45, 2.75) is 70.5 Å². The third kappa shape index (κ3) is 2.77. The second-order valence-corrected chi connectivity index (χ2v) is 6.65. The van der Waals surface area contributed by atoms with Gasteiger partial charge >= 0.3 is 0 Å². The molecule has 3 heterocycles. The van der Waals surface area contributed by atoms with Crippen LogP contribution in [0.2, 0.25) is 0 Å². The standard InChI is InChI=1S/C15H22N6O/c1-9(2)14-17-12-6-5-11(8-21(12)20-14)16-7-13-18-19-15(22-13)10-3-4-10/h9-11,16H,3-8H2,1-2H3/t11-/m1/s1. The topological polar surface area (TPSA) is 81.7 Å². The van der Waals surface area contributed by atoms with Crippen molar-refractivity contribution in [1.82, 2.24) is 30.3 Å². The molecular formula is C15H22N6O. The maximum Gasteiger partial charge on any atom is 0.230 e. The van der Waals surface area contributed by atoms with Crippen molar-refractivity contribution in [3.8, 4) is 0 Å². The summed E-state index contributed by atoms with van der Waals surface area (Å²) in [6.07, 6.45) is 4.41. The van der Waals surface area contributed by atoms with E-state index in [1.54, 1.807) is 0 Å². The zero-order valence-corrected chi connectivity index (χ0v) is 13.1. The van der Waals surface area contributed by atoms with Crippen LogP contribution in [0.1, 0.15) is 68.4 Å². The minimum atomic E-state index is 0.378. The van der Waals surface area contributed by atoms with Crippen molar-refractivity contribution in [3.05, 3.63) is 23.4 Å². The lowest BCUT2D eigenvalue weighted by molar-refractivity contribution is 0.337. The molecule has 1 saturated carbocycles. The largest absolute Gasteiger partial charge is 0.424 e. The molecule has 0 radical (unpaired) electrons. The van der Waals surface area contributed by atoms with Gasteiger partial charge in [0, 0.05) is 24.3 Å². The average molecular weight is 302 g/mol. The number of aromatic nitrogens is 5.